The van der Waals surface area contributed by atoms with Crippen LogP contribution in [0.4, 0.5) is 0 Å². The van der Waals surface area contributed by atoms with Crippen LogP contribution in [0.3, 0.4) is 0 Å². The average Bonchev–Trinajstić information content (AvgIpc) is 2.03. The minimum absolute atomic E-state index is 1.75. The maximum Gasteiger partial charge on any atom is 0.335 e. The molecule has 0 aromatic carbocycles. The van der Waals surface area contributed by atoms with E-state index < -0.39 is 24.1 Å². The molecule has 0 heterocycles. The molecule has 9 heteroatoms. The highest BCUT2D eigenvalue weighted by molar-refractivity contribution is 5.82. The normalized spacial score (nSPS) is 13.5. The Morgan fingerprint density at radius 3 is 1.23 bits per heavy atom. The van der Waals surface area contributed by atoms with Crippen molar-refractivity contribution in [3.63, 3.8) is 0 Å². The van der Waals surface area contributed by atoms with Gasteiger partial charge in [0.2, 0.25) is 0 Å². The number of hydrogen-bond acceptors (Lipinski definition) is 7. The summed E-state index contributed by atoms with van der Waals surface area (Å²) in [4.78, 5) is 19.5. The van der Waals surface area contributed by atoms with Crippen LogP contribution in [0.5, 0.6) is 0 Å². The SMILES string of the molecule is NNN.O=C(O)C(O)C(O)C(=O)O. The van der Waals surface area contributed by atoms with Gasteiger partial charge in [-0.2, -0.15) is 5.53 Å². The van der Waals surface area contributed by atoms with Crippen molar-refractivity contribution in [2.75, 3.05) is 0 Å². The summed E-state index contributed by atoms with van der Waals surface area (Å²) in [5.41, 5.74) is 1.75. The highest BCUT2D eigenvalue weighted by Crippen LogP contribution is 1.92. The lowest BCUT2D eigenvalue weighted by molar-refractivity contribution is -0.165. The van der Waals surface area contributed by atoms with Crippen molar-refractivity contribution in [1.82, 2.24) is 5.53 Å². The molecule has 0 bridgehead atoms. The van der Waals surface area contributed by atoms with Crippen molar-refractivity contribution >= 4 is 11.9 Å². The van der Waals surface area contributed by atoms with Crippen LogP contribution in [0, 0.1) is 0 Å². The van der Waals surface area contributed by atoms with Crippen molar-refractivity contribution in [3.05, 3.63) is 0 Å². The highest BCUT2D eigenvalue weighted by Gasteiger charge is 2.29. The minimum Gasteiger partial charge on any atom is -0.479 e. The summed E-state index contributed by atoms with van der Waals surface area (Å²) in [5.74, 6) is 5.21. The Morgan fingerprint density at radius 1 is 1.00 bits per heavy atom. The van der Waals surface area contributed by atoms with E-state index in [2.05, 4.69) is 11.7 Å². The summed E-state index contributed by atoms with van der Waals surface area (Å²) >= 11 is 0. The topological polar surface area (TPSA) is 179 Å². The summed E-state index contributed by atoms with van der Waals surface area (Å²) in [6, 6.07) is 0. The van der Waals surface area contributed by atoms with Gasteiger partial charge in [0.1, 0.15) is 0 Å². The van der Waals surface area contributed by atoms with Gasteiger partial charge < -0.3 is 20.4 Å². The highest BCUT2D eigenvalue weighted by atomic mass is 16.4. The Balaban J connectivity index is 0. The molecular formula is C4H11N3O6. The summed E-state index contributed by atoms with van der Waals surface area (Å²) < 4.78 is 0. The second-order valence-corrected chi connectivity index (χ2v) is 1.73. The van der Waals surface area contributed by atoms with E-state index in [0.29, 0.717) is 0 Å². The molecule has 0 aromatic heterocycles. The van der Waals surface area contributed by atoms with Crippen molar-refractivity contribution in [2.45, 2.75) is 12.2 Å². The van der Waals surface area contributed by atoms with Gasteiger partial charge in [-0.25, -0.2) is 9.59 Å². The Labute approximate surface area is 72.5 Å². The maximum atomic E-state index is 9.77. The smallest absolute Gasteiger partial charge is 0.335 e. The van der Waals surface area contributed by atoms with Crippen LogP contribution in [0.1, 0.15) is 0 Å². The number of nitrogens with two attached hydrogens (primary N) is 2. The molecule has 9 N–H and O–H groups in total. The molecule has 0 radical (unpaired) electrons. The molecule has 0 aliphatic carbocycles. The van der Waals surface area contributed by atoms with Gasteiger partial charge in [-0.1, -0.05) is 0 Å². The number of aliphatic carboxylic acids is 2. The number of hydrogen-bond donors (Lipinski definition) is 7. The van der Waals surface area contributed by atoms with Crippen LogP contribution in [0.25, 0.3) is 0 Å². The molecular weight excluding hydrogens is 186 g/mol. The molecule has 0 saturated carbocycles. The van der Waals surface area contributed by atoms with Gasteiger partial charge in [-0.15, -0.1) is 0 Å². The number of carbonyl (C=O) groups is 2. The number of nitrogens with one attached hydrogen (secondary N) is 1. The number of aliphatic hydroxyl groups is 2. The second kappa shape index (κ2) is 7.39. The zero-order chi connectivity index (χ0) is 11.0. The predicted octanol–water partition coefficient (Wildman–Crippen LogP) is -3.80. The first kappa shape index (κ1) is 14.3. The van der Waals surface area contributed by atoms with Crippen molar-refractivity contribution in [1.29, 1.82) is 0 Å². The number of aliphatic hydroxyl groups excluding tert-OH is 2. The third kappa shape index (κ3) is 7.11. The van der Waals surface area contributed by atoms with Gasteiger partial charge in [0.25, 0.3) is 0 Å². The first-order valence-electron chi connectivity index (χ1n) is 2.86. The van der Waals surface area contributed by atoms with Gasteiger partial charge in [-0.05, 0) is 0 Å². The standard InChI is InChI=1S/C4H6O6.H5N3/c5-1(3(7)8)2(6)4(9)10;1-3-2/h1-2,5-6H,(H,7,8)(H,9,10);3H,1-2H2. The maximum absolute atomic E-state index is 9.77. The predicted molar refractivity (Wildman–Crippen MR) is 38.8 cm³/mol. The van der Waals surface area contributed by atoms with Gasteiger partial charge in [0.15, 0.2) is 12.2 Å². The van der Waals surface area contributed by atoms with E-state index in [-0.39, 0.29) is 0 Å². The Bertz CT molecular complexity index is 155. The van der Waals surface area contributed by atoms with Crippen molar-refractivity contribution in [2.24, 2.45) is 11.7 Å². The zero-order valence-corrected chi connectivity index (χ0v) is 6.41. The molecule has 0 spiro atoms. The number of hydrazine groups is 2. The molecule has 9 nitrogen and oxygen atoms in total. The average molecular weight is 197 g/mol. The summed E-state index contributed by atoms with van der Waals surface area (Å²) in [6.45, 7) is 0. The zero-order valence-electron chi connectivity index (χ0n) is 6.41. The van der Waals surface area contributed by atoms with Crippen LogP contribution in [0.2, 0.25) is 0 Å². The van der Waals surface area contributed by atoms with E-state index >= 15 is 0 Å². The lowest BCUT2D eigenvalue weighted by Crippen LogP contribution is -2.39. The van der Waals surface area contributed by atoms with E-state index in [4.69, 9.17) is 20.4 Å². The van der Waals surface area contributed by atoms with E-state index in [1.807, 2.05) is 0 Å². The molecule has 0 saturated heterocycles. The Hall–Kier alpha value is -1.26. The number of carboxylic acid groups (broad SMARTS) is 2. The van der Waals surface area contributed by atoms with E-state index in [0.717, 1.165) is 0 Å². The van der Waals surface area contributed by atoms with E-state index in [9.17, 15) is 9.59 Å². The number of rotatable bonds is 3. The summed E-state index contributed by atoms with van der Waals surface area (Å²) in [6.07, 6.45) is -4.53. The molecule has 78 valence electrons. The lowest BCUT2D eigenvalue weighted by Gasteiger charge is -2.07. The van der Waals surface area contributed by atoms with Crippen LogP contribution in [-0.2, 0) is 9.59 Å². The van der Waals surface area contributed by atoms with Crippen LogP contribution in [-0.4, -0.2) is 44.6 Å². The first-order valence-corrected chi connectivity index (χ1v) is 2.86. The minimum atomic E-state index is -2.27. The molecule has 2 atom stereocenters. The summed E-state index contributed by atoms with van der Waals surface area (Å²) in [5, 5.41) is 32.5. The Morgan fingerprint density at radius 2 is 1.15 bits per heavy atom. The molecule has 2 unspecified atom stereocenters. The monoisotopic (exact) mass is 197 g/mol. The van der Waals surface area contributed by atoms with Gasteiger partial charge in [0.05, 0.1) is 0 Å². The van der Waals surface area contributed by atoms with E-state index in [1.54, 1.807) is 5.53 Å². The van der Waals surface area contributed by atoms with Crippen molar-refractivity contribution in [3.8, 4) is 0 Å². The third-order valence-electron chi connectivity index (χ3n) is 0.805. The van der Waals surface area contributed by atoms with E-state index in [1.165, 1.54) is 0 Å². The van der Waals surface area contributed by atoms with Crippen LogP contribution in [0.15, 0.2) is 0 Å². The van der Waals surface area contributed by atoms with Crippen LogP contribution >= 0.6 is 0 Å². The molecule has 0 fully saturated rings. The van der Waals surface area contributed by atoms with Gasteiger partial charge in [-0.3, -0.25) is 11.7 Å². The third-order valence-corrected chi connectivity index (χ3v) is 0.805. The molecule has 0 aliphatic heterocycles. The summed E-state index contributed by atoms with van der Waals surface area (Å²) in [7, 11) is 0. The lowest BCUT2D eigenvalue weighted by atomic mass is 10.2. The quantitative estimate of drug-likeness (QED) is 0.176. The number of carboxylic acids is 2. The molecule has 0 amide bonds. The fourth-order valence-electron chi connectivity index (χ4n) is 0.270. The first-order chi connectivity index (χ1) is 5.88. The molecule has 13 heavy (non-hydrogen) atoms. The second-order valence-electron chi connectivity index (χ2n) is 1.73. The molecule has 0 aliphatic rings. The largest absolute Gasteiger partial charge is 0.479 e. The molecule has 0 aromatic rings. The van der Waals surface area contributed by atoms with Gasteiger partial charge in [0, 0.05) is 0 Å². The fraction of sp³-hybridized carbons (Fsp3) is 0.500. The Kier molecular flexibility index (Phi) is 8.12. The molecule has 0 rings (SSSR count). The van der Waals surface area contributed by atoms with Gasteiger partial charge >= 0.3 is 11.9 Å². The van der Waals surface area contributed by atoms with Crippen LogP contribution < -0.4 is 17.2 Å². The fourth-order valence-corrected chi connectivity index (χ4v) is 0.270. The van der Waals surface area contributed by atoms with Crippen molar-refractivity contribution < 1.29 is 30.0 Å².